The van der Waals surface area contributed by atoms with Crippen LogP contribution >= 0.6 is 11.8 Å². The molecule has 0 saturated carbocycles. The van der Waals surface area contributed by atoms with Crippen LogP contribution in [0.3, 0.4) is 0 Å². The van der Waals surface area contributed by atoms with Gasteiger partial charge in [0.2, 0.25) is 5.95 Å². The van der Waals surface area contributed by atoms with Gasteiger partial charge in [-0.2, -0.15) is 0 Å². The van der Waals surface area contributed by atoms with Crippen LogP contribution in [0.1, 0.15) is 31.9 Å². The largest absolute Gasteiger partial charge is 0.484 e. The molecular weight excluding hydrogens is 444 g/mol. The number of hydrogen-bond donors (Lipinski definition) is 1. The molecule has 1 heterocycles. The van der Waals surface area contributed by atoms with Gasteiger partial charge in [-0.25, -0.2) is 0 Å². The van der Waals surface area contributed by atoms with Gasteiger partial charge in [0.1, 0.15) is 5.75 Å². The van der Waals surface area contributed by atoms with Crippen molar-refractivity contribution in [2.24, 2.45) is 0 Å². The highest BCUT2D eigenvalue weighted by Gasteiger charge is 2.17. The van der Waals surface area contributed by atoms with Crippen molar-refractivity contribution in [1.82, 2.24) is 14.8 Å². The van der Waals surface area contributed by atoms with E-state index < -0.39 is 0 Å². The van der Waals surface area contributed by atoms with Crippen molar-refractivity contribution in [1.29, 1.82) is 0 Å². The Bertz CT molecular complexity index is 1220. The number of rotatable bonds is 8. The molecule has 34 heavy (non-hydrogen) atoms. The maximum Gasteiger partial charge on any atom is 0.264 e. The van der Waals surface area contributed by atoms with Crippen molar-refractivity contribution < 1.29 is 9.53 Å². The fourth-order valence-electron chi connectivity index (χ4n) is 3.34. The number of amides is 1. The summed E-state index contributed by atoms with van der Waals surface area (Å²) in [5.74, 6) is 1.45. The van der Waals surface area contributed by atoms with E-state index in [0.717, 1.165) is 11.4 Å². The molecule has 1 N–H and O–H groups in total. The van der Waals surface area contributed by atoms with Gasteiger partial charge in [-0.15, -0.1) is 10.2 Å². The Kier molecular flexibility index (Phi) is 7.33. The van der Waals surface area contributed by atoms with Gasteiger partial charge >= 0.3 is 0 Å². The van der Waals surface area contributed by atoms with E-state index in [-0.39, 0.29) is 17.9 Å². The minimum Gasteiger partial charge on any atom is -0.484 e. The van der Waals surface area contributed by atoms with Crippen molar-refractivity contribution in [2.45, 2.75) is 37.1 Å². The van der Waals surface area contributed by atoms with E-state index in [0.29, 0.717) is 16.9 Å². The van der Waals surface area contributed by atoms with Crippen LogP contribution in [0.2, 0.25) is 0 Å². The number of para-hydroxylation sites is 1. The molecular formula is C27H28N4O2S. The number of ether oxygens (including phenoxy) is 1. The third-order valence-electron chi connectivity index (χ3n) is 5.20. The monoisotopic (exact) mass is 472 g/mol. The number of thioether (sulfide) groups is 1. The normalized spacial score (nSPS) is 11.3. The highest BCUT2D eigenvalue weighted by Crippen LogP contribution is 2.27. The van der Waals surface area contributed by atoms with E-state index >= 15 is 0 Å². The molecule has 0 aliphatic heterocycles. The average Bonchev–Trinajstić information content (AvgIpc) is 3.24. The first kappa shape index (κ1) is 23.6. The van der Waals surface area contributed by atoms with Gasteiger partial charge in [0.15, 0.2) is 11.8 Å². The zero-order valence-electron chi connectivity index (χ0n) is 19.6. The van der Waals surface area contributed by atoms with E-state index in [2.05, 4.69) is 48.4 Å². The Morgan fingerprint density at radius 1 is 0.912 bits per heavy atom. The van der Waals surface area contributed by atoms with Gasteiger partial charge in [0.05, 0.1) is 5.69 Å². The number of carbonyl (C=O) groups is 1. The van der Waals surface area contributed by atoms with Crippen molar-refractivity contribution >= 4 is 23.6 Å². The van der Waals surface area contributed by atoms with E-state index in [1.165, 1.54) is 11.1 Å². The van der Waals surface area contributed by atoms with Gasteiger partial charge in [-0.1, -0.05) is 93.2 Å². The van der Waals surface area contributed by atoms with E-state index in [1.54, 1.807) is 11.8 Å². The Labute approximate surface area is 204 Å². The maximum atomic E-state index is 12.7. The maximum absolute atomic E-state index is 12.7. The standard InChI is InChI=1S/C27H28N4O2S/c1-27(2,3)21-14-16-23(17-15-21)33-18-24(32)28-25-29-30-26(31(25)22-12-8-5-9-13-22)34-19-20-10-6-4-7-11-20/h4-17H,18-19H2,1-3H3,(H,28,29,32). The number of benzene rings is 3. The third kappa shape index (κ3) is 6.05. The summed E-state index contributed by atoms with van der Waals surface area (Å²) in [6.45, 7) is 6.35. The smallest absolute Gasteiger partial charge is 0.264 e. The molecule has 0 saturated heterocycles. The molecule has 6 nitrogen and oxygen atoms in total. The molecule has 4 rings (SSSR count). The molecule has 1 amide bonds. The summed E-state index contributed by atoms with van der Waals surface area (Å²) >= 11 is 1.56. The first-order valence-electron chi connectivity index (χ1n) is 11.1. The Morgan fingerprint density at radius 3 is 2.21 bits per heavy atom. The number of anilines is 1. The predicted octanol–water partition coefficient (Wildman–Crippen LogP) is 5.87. The summed E-state index contributed by atoms with van der Waals surface area (Å²) in [5, 5.41) is 12.1. The van der Waals surface area contributed by atoms with Crippen LogP contribution in [0.4, 0.5) is 5.95 Å². The number of carbonyl (C=O) groups excluding carboxylic acids is 1. The molecule has 7 heteroatoms. The number of nitrogens with one attached hydrogen (secondary N) is 1. The molecule has 0 unspecified atom stereocenters. The van der Waals surface area contributed by atoms with Gasteiger partial charge in [0, 0.05) is 5.75 Å². The lowest BCUT2D eigenvalue weighted by Gasteiger charge is -2.19. The zero-order chi connectivity index (χ0) is 24.0. The van der Waals surface area contributed by atoms with Crippen molar-refractivity contribution in [3.63, 3.8) is 0 Å². The molecule has 0 aliphatic rings. The fraction of sp³-hybridized carbons (Fsp3) is 0.222. The van der Waals surface area contributed by atoms with Crippen molar-refractivity contribution in [2.75, 3.05) is 11.9 Å². The van der Waals surface area contributed by atoms with Crippen LogP contribution in [0.5, 0.6) is 5.75 Å². The van der Waals surface area contributed by atoms with Crippen molar-refractivity contribution in [3.05, 3.63) is 96.1 Å². The predicted molar refractivity (Wildman–Crippen MR) is 137 cm³/mol. The second-order valence-corrected chi connectivity index (χ2v) is 9.81. The minimum atomic E-state index is -0.302. The average molecular weight is 473 g/mol. The van der Waals surface area contributed by atoms with Crippen LogP contribution < -0.4 is 10.1 Å². The van der Waals surface area contributed by atoms with E-state index in [9.17, 15) is 4.79 Å². The van der Waals surface area contributed by atoms with E-state index in [4.69, 9.17) is 4.74 Å². The lowest BCUT2D eigenvalue weighted by atomic mass is 9.87. The summed E-state index contributed by atoms with van der Waals surface area (Å²) < 4.78 is 7.54. The van der Waals surface area contributed by atoms with Gasteiger partial charge in [-0.05, 0) is 40.8 Å². The molecule has 4 aromatic rings. The number of aromatic nitrogens is 3. The topological polar surface area (TPSA) is 69.0 Å². The summed E-state index contributed by atoms with van der Waals surface area (Å²) in [6.07, 6.45) is 0. The first-order valence-corrected chi connectivity index (χ1v) is 12.1. The lowest BCUT2D eigenvalue weighted by Crippen LogP contribution is -2.22. The van der Waals surface area contributed by atoms with Gasteiger partial charge in [0.25, 0.3) is 5.91 Å². The third-order valence-corrected chi connectivity index (χ3v) is 6.20. The summed E-state index contributed by atoms with van der Waals surface area (Å²) in [4.78, 5) is 12.7. The SMILES string of the molecule is CC(C)(C)c1ccc(OCC(=O)Nc2nnc(SCc3ccccc3)n2-c2ccccc2)cc1. The molecule has 0 spiro atoms. The lowest BCUT2D eigenvalue weighted by molar-refractivity contribution is -0.118. The van der Waals surface area contributed by atoms with E-state index in [1.807, 2.05) is 77.4 Å². The summed E-state index contributed by atoms with van der Waals surface area (Å²) in [5.41, 5.74) is 3.33. The van der Waals surface area contributed by atoms with Crippen LogP contribution in [0, 0.1) is 0 Å². The second-order valence-electron chi connectivity index (χ2n) is 8.86. The Balaban J connectivity index is 1.45. The minimum absolute atomic E-state index is 0.0631. The number of hydrogen-bond acceptors (Lipinski definition) is 5. The van der Waals surface area contributed by atoms with Crippen molar-refractivity contribution in [3.8, 4) is 11.4 Å². The highest BCUT2D eigenvalue weighted by molar-refractivity contribution is 7.98. The summed E-state index contributed by atoms with van der Waals surface area (Å²) in [6, 6.07) is 27.7. The van der Waals surface area contributed by atoms with Gasteiger partial charge in [-0.3, -0.25) is 14.7 Å². The molecule has 1 aromatic heterocycles. The molecule has 3 aromatic carbocycles. The zero-order valence-corrected chi connectivity index (χ0v) is 20.4. The highest BCUT2D eigenvalue weighted by atomic mass is 32.2. The first-order chi connectivity index (χ1) is 16.4. The molecule has 0 bridgehead atoms. The Hall–Kier alpha value is -3.58. The Morgan fingerprint density at radius 2 is 1.56 bits per heavy atom. The summed E-state index contributed by atoms with van der Waals surface area (Å²) in [7, 11) is 0. The molecule has 174 valence electrons. The molecule has 0 atom stereocenters. The molecule has 0 aliphatic carbocycles. The van der Waals surface area contributed by atoms with Gasteiger partial charge < -0.3 is 4.74 Å². The second kappa shape index (κ2) is 10.6. The molecule has 0 radical (unpaired) electrons. The molecule has 0 fully saturated rings. The van der Waals surface area contributed by atoms with Crippen LogP contribution in [0.25, 0.3) is 5.69 Å². The van der Waals surface area contributed by atoms with Crippen LogP contribution in [-0.2, 0) is 16.0 Å². The number of nitrogens with zero attached hydrogens (tertiary/aromatic N) is 3. The quantitative estimate of drug-likeness (QED) is 0.325. The van der Waals surface area contributed by atoms with Crippen LogP contribution in [-0.4, -0.2) is 27.3 Å². The fourth-order valence-corrected chi connectivity index (χ4v) is 4.24. The van der Waals surface area contributed by atoms with Crippen LogP contribution in [0.15, 0.2) is 90.1 Å².